The smallest absolute Gasteiger partial charge is 0.258 e. The molecule has 0 fully saturated rings. The molecule has 0 radical (unpaired) electrons. The van der Waals surface area contributed by atoms with Crippen molar-refractivity contribution in [2.24, 2.45) is 0 Å². The molecule has 0 saturated heterocycles. The molecule has 3 aromatic heterocycles. The summed E-state index contributed by atoms with van der Waals surface area (Å²) in [6.07, 6.45) is 2.92. The summed E-state index contributed by atoms with van der Waals surface area (Å²) in [6.45, 7) is 2.19. The number of aromatic nitrogens is 4. The van der Waals surface area contributed by atoms with Gasteiger partial charge in [-0.25, -0.2) is 4.98 Å². The highest BCUT2D eigenvalue weighted by Gasteiger charge is 2.25. The van der Waals surface area contributed by atoms with Crippen molar-refractivity contribution < 1.29 is 4.52 Å². The summed E-state index contributed by atoms with van der Waals surface area (Å²) in [6, 6.07) is 12.0. The Bertz CT molecular complexity index is 1050. The van der Waals surface area contributed by atoms with E-state index in [1.165, 1.54) is 14.8 Å². The minimum absolute atomic E-state index is 0.519. The molecule has 1 aliphatic heterocycles. The Labute approximate surface area is 152 Å². The second-order valence-electron chi connectivity index (χ2n) is 5.73. The molecule has 5 nitrogen and oxygen atoms in total. The molecular formula is C18H14N4OS2. The van der Waals surface area contributed by atoms with Crippen molar-refractivity contribution in [3.05, 3.63) is 53.3 Å². The second kappa shape index (κ2) is 5.86. The van der Waals surface area contributed by atoms with Crippen LogP contribution in [0.5, 0.6) is 0 Å². The van der Waals surface area contributed by atoms with E-state index in [1.807, 2.05) is 59.8 Å². The molecular weight excluding hydrogens is 352 g/mol. The van der Waals surface area contributed by atoms with Crippen LogP contribution in [0.2, 0.25) is 0 Å². The minimum atomic E-state index is 0.519. The van der Waals surface area contributed by atoms with Crippen LogP contribution in [0.25, 0.3) is 28.7 Å². The summed E-state index contributed by atoms with van der Waals surface area (Å²) >= 11 is 3.73. The average molecular weight is 366 g/mol. The van der Waals surface area contributed by atoms with Crippen LogP contribution in [0.1, 0.15) is 17.5 Å². The number of aryl methyl sites for hydroxylation is 1. The number of thioether (sulfide) groups is 1. The largest absolute Gasteiger partial charge is 0.334 e. The molecule has 0 saturated carbocycles. The van der Waals surface area contributed by atoms with Gasteiger partial charge < -0.3 is 4.52 Å². The molecule has 7 heteroatoms. The van der Waals surface area contributed by atoms with E-state index in [0.29, 0.717) is 11.7 Å². The van der Waals surface area contributed by atoms with Gasteiger partial charge >= 0.3 is 0 Å². The fraction of sp³-hybridized carbons (Fsp3) is 0.167. The van der Waals surface area contributed by atoms with Gasteiger partial charge in [-0.05, 0) is 24.6 Å². The average Bonchev–Trinajstić information content (AvgIpc) is 3.38. The maximum absolute atomic E-state index is 5.44. The highest BCUT2D eigenvalue weighted by Crippen LogP contribution is 2.43. The molecule has 0 atom stereocenters. The van der Waals surface area contributed by atoms with Gasteiger partial charge in [-0.15, -0.1) is 23.1 Å². The van der Waals surface area contributed by atoms with Gasteiger partial charge in [0.1, 0.15) is 12.0 Å². The van der Waals surface area contributed by atoms with Crippen LogP contribution in [-0.2, 0) is 12.2 Å². The number of imidazole rings is 1. The highest BCUT2D eigenvalue weighted by molar-refractivity contribution is 8.00. The molecule has 0 bridgehead atoms. The van der Waals surface area contributed by atoms with Gasteiger partial charge in [-0.1, -0.05) is 30.3 Å². The first kappa shape index (κ1) is 14.9. The molecule has 4 aromatic rings. The van der Waals surface area contributed by atoms with Crippen molar-refractivity contribution in [2.45, 2.75) is 23.3 Å². The lowest BCUT2D eigenvalue weighted by atomic mass is 10.2. The Hall–Kier alpha value is -2.38. The maximum Gasteiger partial charge on any atom is 0.258 e. The Morgan fingerprint density at radius 3 is 2.96 bits per heavy atom. The van der Waals surface area contributed by atoms with Crippen LogP contribution >= 0.6 is 23.1 Å². The van der Waals surface area contributed by atoms with Gasteiger partial charge in [0.25, 0.3) is 5.89 Å². The van der Waals surface area contributed by atoms with Gasteiger partial charge in [0.15, 0.2) is 0 Å². The van der Waals surface area contributed by atoms with E-state index < -0.39 is 0 Å². The molecule has 0 N–H and O–H groups in total. The predicted molar refractivity (Wildman–Crippen MR) is 99.1 cm³/mol. The number of benzene rings is 1. The van der Waals surface area contributed by atoms with Gasteiger partial charge in [-0.2, -0.15) is 4.98 Å². The first-order chi connectivity index (χ1) is 12.3. The van der Waals surface area contributed by atoms with E-state index in [2.05, 4.69) is 32.7 Å². The van der Waals surface area contributed by atoms with Crippen LogP contribution in [0.3, 0.4) is 0 Å². The highest BCUT2D eigenvalue weighted by atomic mass is 32.2. The monoisotopic (exact) mass is 366 g/mol. The zero-order valence-corrected chi connectivity index (χ0v) is 15.1. The molecule has 1 aliphatic rings. The topological polar surface area (TPSA) is 56.7 Å². The third-order valence-electron chi connectivity index (χ3n) is 4.20. The summed E-state index contributed by atoms with van der Waals surface area (Å²) < 4.78 is 8.96. The number of hydrogen-bond donors (Lipinski definition) is 0. The van der Waals surface area contributed by atoms with Crippen molar-refractivity contribution in [2.75, 3.05) is 0 Å². The number of nitrogens with zero attached hydrogens (tertiary/aromatic N) is 4. The quantitative estimate of drug-likeness (QED) is 0.520. The van der Waals surface area contributed by atoms with Crippen molar-refractivity contribution >= 4 is 23.1 Å². The number of rotatable bonds is 3. The second-order valence-corrected chi connectivity index (χ2v) is 8.11. The van der Waals surface area contributed by atoms with Gasteiger partial charge in [0, 0.05) is 16.2 Å². The fourth-order valence-electron chi connectivity index (χ4n) is 2.92. The summed E-state index contributed by atoms with van der Waals surface area (Å²) in [5, 5.41) is 4.15. The predicted octanol–water partition coefficient (Wildman–Crippen LogP) is 4.82. The van der Waals surface area contributed by atoms with E-state index in [-0.39, 0.29) is 0 Å². The number of hydrogen-bond acceptors (Lipinski definition) is 6. The van der Waals surface area contributed by atoms with E-state index >= 15 is 0 Å². The Balaban J connectivity index is 1.56. The summed E-state index contributed by atoms with van der Waals surface area (Å²) in [4.78, 5) is 10.5. The molecule has 0 spiro atoms. The zero-order valence-electron chi connectivity index (χ0n) is 13.5. The van der Waals surface area contributed by atoms with Gasteiger partial charge in [-0.3, -0.25) is 4.57 Å². The minimum Gasteiger partial charge on any atom is -0.334 e. The normalized spacial score (nSPS) is 12.8. The summed E-state index contributed by atoms with van der Waals surface area (Å²) in [5.74, 6) is 1.93. The van der Waals surface area contributed by atoms with Crippen molar-refractivity contribution in [3.8, 4) is 28.7 Å². The number of thiophene rings is 1. The Morgan fingerprint density at radius 1 is 1.24 bits per heavy atom. The van der Waals surface area contributed by atoms with Crippen molar-refractivity contribution in [1.29, 1.82) is 0 Å². The van der Waals surface area contributed by atoms with Crippen LogP contribution in [0, 0.1) is 0 Å². The van der Waals surface area contributed by atoms with Gasteiger partial charge in [0.2, 0.25) is 5.82 Å². The zero-order chi connectivity index (χ0) is 16.8. The summed E-state index contributed by atoms with van der Waals surface area (Å²) in [7, 11) is 0. The standard InChI is InChI=1S/C18H14N4OS2/c1-2-12-8-13-18(25-12)24-9-14-15(19-10-22(13)14)16-20-17(23-21-16)11-6-4-3-5-7-11/h3-8,10H,2,9H2,1H3. The lowest BCUT2D eigenvalue weighted by Gasteiger charge is -2.14. The van der Waals surface area contributed by atoms with E-state index in [1.54, 1.807) is 0 Å². The van der Waals surface area contributed by atoms with Crippen molar-refractivity contribution in [3.63, 3.8) is 0 Å². The Morgan fingerprint density at radius 2 is 2.12 bits per heavy atom. The van der Waals surface area contributed by atoms with Crippen LogP contribution in [-0.4, -0.2) is 19.7 Å². The first-order valence-corrected chi connectivity index (χ1v) is 9.85. The maximum atomic E-state index is 5.44. The van der Waals surface area contributed by atoms with Crippen LogP contribution in [0.15, 0.2) is 51.5 Å². The Kier molecular flexibility index (Phi) is 3.50. The molecule has 4 heterocycles. The lowest BCUT2D eigenvalue weighted by molar-refractivity contribution is 0.432. The first-order valence-electron chi connectivity index (χ1n) is 8.05. The van der Waals surface area contributed by atoms with E-state index in [0.717, 1.165) is 29.1 Å². The molecule has 5 rings (SSSR count). The molecule has 124 valence electrons. The molecule has 0 aliphatic carbocycles. The van der Waals surface area contributed by atoms with Crippen molar-refractivity contribution in [1.82, 2.24) is 19.7 Å². The SMILES string of the molecule is CCc1cc2c(s1)SCc1c(-c3noc(-c4ccccc4)n3)ncn1-2. The van der Waals surface area contributed by atoms with Crippen LogP contribution < -0.4 is 0 Å². The van der Waals surface area contributed by atoms with Gasteiger partial charge in [0.05, 0.1) is 15.6 Å². The lowest BCUT2D eigenvalue weighted by Crippen LogP contribution is -2.03. The fourth-order valence-corrected chi connectivity index (χ4v) is 5.31. The molecule has 1 aromatic carbocycles. The molecule has 0 unspecified atom stereocenters. The van der Waals surface area contributed by atoms with Crippen LogP contribution in [0.4, 0.5) is 0 Å². The van der Waals surface area contributed by atoms with E-state index in [4.69, 9.17) is 4.52 Å². The third kappa shape index (κ3) is 2.42. The summed E-state index contributed by atoms with van der Waals surface area (Å²) in [5.41, 5.74) is 4.06. The van der Waals surface area contributed by atoms with E-state index in [9.17, 15) is 0 Å². The number of fused-ring (bicyclic) bond motifs is 3. The molecule has 25 heavy (non-hydrogen) atoms. The third-order valence-corrected chi connectivity index (χ3v) is 6.76. The molecule has 0 amide bonds.